The van der Waals surface area contributed by atoms with Gasteiger partial charge in [-0.25, -0.2) is 4.79 Å². The van der Waals surface area contributed by atoms with Gasteiger partial charge in [-0.15, -0.1) is 5.06 Å². The van der Waals surface area contributed by atoms with E-state index < -0.39 is 23.5 Å². The summed E-state index contributed by atoms with van der Waals surface area (Å²) in [4.78, 5) is 38.6. The smallest absolute Gasteiger partial charge is 0.367 e. The van der Waals surface area contributed by atoms with Crippen LogP contribution in [0, 0.1) is 0 Å². The first-order valence-corrected chi connectivity index (χ1v) is 5.09. The lowest BCUT2D eigenvalue weighted by Crippen LogP contribution is -2.32. The van der Waals surface area contributed by atoms with Crippen LogP contribution in [0.3, 0.4) is 0 Å². The van der Waals surface area contributed by atoms with E-state index in [4.69, 9.17) is 5.11 Å². The van der Waals surface area contributed by atoms with Crippen molar-refractivity contribution in [3.63, 3.8) is 0 Å². The highest BCUT2D eigenvalue weighted by atomic mass is 16.7. The minimum Gasteiger partial charge on any atom is -0.508 e. The van der Waals surface area contributed by atoms with Crippen LogP contribution in [0.15, 0.2) is 18.2 Å². The predicted octanol–water partition coefficient (Wildman–Crippen LogP) is 0.319. The molecule has 1 fully saturated rings. The second-order valence-corrected chi connectivity index (χ2v) is 3.66. The van der Waals surface area contributed by atoms with Crippen LogP contribution in [0.4, 0.5) is 0 Å². The molecule has 0 unspecified atom stereocenters. The molecule has 1 aromatic rings. The third-order valence-corrected chi connectivity index (χ3v) is 2.38. The lowest BCUT2D eigenvalue weighted by atomic mass is 10.2. The first kappa shape index (κ1) is 11.9. The standard InChI is InChI=1S/C11H9NO6/c13-6-1-2-7(8(14)5-6)11(17)18-12-9(15)3-4-10(12)16/h1-2,5,13-14H,3-4H2. The van der Waals surface area contributed by atoms with E-state index in [9.17, 15) is 19.5 Å². The Morgan fingerprint density at radius 3 is 2.33 bits per heavy atom. The molecule has 0 atom stereocenters. The fourth-order valence-corrected chi connectivity index (χ4v) is 1.48. The molecule has 2 N–H and O–H groups in total. The fraction of sp³-hybridized carbons (Fsp3) is 0.182. The number of rotatable bonds is 2. The molecule has 0 spiro atoms. The largest absolute Gasteiger partial charge is 0.508 e. The maximum Gasteiger partial charge on any atom is 0.367 e. The second-order valence-electron chi connectivity index (χ2n) is 3.66. The highest BCUT2D eigenvalue weighted by Gasteiger charge is 2.33. The zero-order valence-electron chi connectivity index (χ0n) is 9.12. The van der Waals surface area contributed by atoms with Gasteiger partial charge in [0.15, 0.2) is 0 Å². The van der Waals surface area contributed by atoms with Crippen molar-refractivity contribution in [2.75, 3.05) is 0 Å². The van der Waals surface area contributed by atoms with Gasteiger partial charge in [0.1, 0.15) is 17.1 Å². The van der Waals surface area contributed by atoms with E-state index in [1.54, 1.807) is 0 Å². The van der Waals surface area contributed by atoms with Crippen LogP contribution in [-0.2, 0) is 14.4 Å². The molecule has 7 heteroatoms. The zero-order valence-corrected chi connectivity index (χ0v) is 9.12. The molecule has 0 aliphatic carbocycles. The third-order valence-electron chi connectivity index (χ3n) is 2.38. The summed E-state index contributed by atoms with van der Waals surface area (Å²) in [6, 6.07) is 3.24. The fourth-order valence-electron chi connectivity index (χ4n) is 1.48. The Balaban J connectivity index is 2.17. The molecule has 1 aliphatic heterocycles. The summed E-state index contributed by atoms with van der Waals surface area (Å²) >= 11 is 0. The Morgan fingerprint density at radius 1 is 1.17 bits per heavy atom. The van der Waals surface area contributed by atoms with Gasteiger partial charge in [-0.3, -0.25) is 9.59 Å². The average molecular weight is 251 g/mol. The number of nitrogens with zero attached hydrogens (tertiary/aromatic N) is 1. The van der Waals surface area contributed by atoms with Gasteiger partial charge < -0.3 is 15.1 Å². The highest BCUT2D eigenvalue weighted by Crippen LogP contribution is 2.24. The number of imide groups is 1. The lowest BCUT2D eigenvalue weighted by molar-refractivity contribution is -0.172. The number of carbonyl (C=O) groups excluding carboxylic acids is 3. The summed E-state index contributed by atoms with van der Waals surface area (Å²) in [7, 11) is 0. The van der Waals surface area contributed by atoms with E-state index in [-0.39, 0.29) is 24.2 Å². The Hall–Kier alpha value is -2.57. The molecule has 2 rings (SSSR count). The molecule has 2 amide bonds. The Bertz CT molecular complexity index is 522. The summed E-state index contributed by atoms with van der Waals surface area (Å²) in [6.07, 6.45) is -0.0126. The minimum atomic E-state index is -1.05. The lowest BCUT2D eigenvalue weighted by Gasteiger charge is -2.12. The van der Waals surface area contributed by atoms with Crippen molar-refractivity contribution >= 4 is 17.8 Å². The van der Waals surface area contributed by atoms with Crippen molar-refractivity contribution in [1.29, 1.82) is 0 Å². The molecule has 0 bridgehead atoms. The van der Waals surface area contributed by atoms with Crippen molar-refractivity contribution in [2.45, 2.75) is 12.8 Å². The maximum atomic E-state index is 11.6. The van der Waals surface area contributed by atoms with Gasteiger partial charge in [0.25, 0.3) is 11.8 Å². The molecule has 1 aliphatic rings. The summed E-state index contributed by atoms with van der Waals surface area (Å²) in [5, 5.41) is 18.9. The van der Waals surface area contributed by atoms with Gasteiger partial charge in [-0.2, -0.15) is 0 Å². The Morgan fingerprint density at radius 2 is 1.78 bits per heavy atom. The van der Waals surface area contributed by atoms with E-state index in [0.29, 0.717) is 5.06 Å². The van der Waals surface area contributed by atoms with Crippen LogP contribution in [0.1, 0.15) is 23.2 Å². The number of hydroxylamine groups is 2. The van der Waals surface area contributed by atoms with Gasteiger partial charge in [-0.1, -0.05) is 0 Å². The molecule has 94 valence electrons. The molecule has 0 radical (unpaired) electrons. The van der Waals surface area contributed by atoms with Gasteiger partial charge in [0, 0.05) is 18.9 Å². The number of aromatic hydroxyl groups is 2. The quantitative estimate of drug-likeness (QED) is 0.733. The van der Waals surface area contributed by atoms with Crippen LogP contribution < -0.4 is 0 Å². The van der Waals surface area contributed by atoms with Gasteiger partial charge in [0.05, 0.1) is 0 Å². The van der Waals surface area contributed by atoms with Gasteiger partial charge >= 0.3 is 5.97 Å². The monoisotopic (exact) mass is 251 g/mol. The maximum absolute atomic E-state index is 11.6. The van der Waals surface area contributed by atoms with Crippen LogP contribution in [0.25, 0.3) is 0 Å². The van der Waals surface area contributed by atoms with Crippen molar-refractivity contribution in [3.05, 3.63) is 23.8 Å². The third kappa shape index (κ3) is 2.10. The summed E-state index contributed by atoms with van der Waals surface area (Å²) in [6.45, 7) is 0. The number of phenolic OH excluding ortho intramolecular Hbond substituents is 2. The minimum absolute atomic E-state index is 0.00628. The molecule has 18 heavy (non-hydrogen) atoms. The average Bonchev–Trinajstić information content (AvgIpc) is 2.60. The molecule has 1 aromatic carbocycles. The molecular formula is C11H9NO6. The van der Waals surface area contributed by atoms with Gasteiger partial charge in [0.2, 0.25) is 0 Å². The van der Waals surface area contributed by atoms with E-state index >= 15 is 0 Å². The van der Waals surface area contributed by atoms with Crippen molar-refractivity contribution in [1.82, 2.24) is 5.06 Å². The summed E-state index contributed by atoms with van der Waals surface area (Å²) < 4.78 is 0. The SMILES string of the molecule is O=C(ON1C(=O)CCC1=O)c1ccc(O)cc1O. The first-order valence-electron chi connectivity index (χ1n) is 5.09. The summed E-state index contributed by atoms with van der Waals surface area (Å²) in [5.74, 6) is -2.98. The Labute approximate surface area is 101 Å². The van der Waals surface area contributed by atoms with E-state index in [1.165, 1.54) is 6.07 Å². The van der Waals surface area contributed by atoms with E-state index in [1.807, 2.05) is 0 Å². The van der Waals surface area contributed by atoms with Crippen molar-refractivity contribution in [2.24, 2.45) is 0 Å². The molecule has 1 saturated heterocycles. The second kappa shape index (κ2) is 4.36. The van der Waals surface area contributed by atoms with Crippen molar-refractivity contribution < 1.29 is 29.4 Å². The van der Waals surface area contributed by atoms with Gasteiger partial charge in [-0.05, 0) is 12.1 Å². The predicted molar refractivity (Wildman–Crippen MR) is 56.3 cm³/mol. The van der Waals surface area contributed by atoms with Crippen LogP contribution in [0.2, 0.25) is 0 Å². The normalized spacial score (nSPS) is 15.0. The van der Waals surface area contributed by atoms with Crippen LogP contribution in [0.5, 0.6) is 11.5 Å². The number of amides is 2. The molecule has 7 nitrogen and oxygen atoms in total. The Kier molecular flexibility index (Phi) is 2.88. The molecule has 0 aromatic heterocycles. The topological polar surface area (TPSA) is 104 Å². The zero-order chi connectivity index (χ0) is 13.3. The number of hydrogen-bond donors (Lipinski definition) is 2. The van der Waals surface area contributed by atoms with E-state index in [2.05, 4.69) is 4.84 Å². The number of hydrogen-bond acceptors (Lipinski definition) is 6. The number of benzene rings is 1. The first-order chi connectivity index (χ1) is 8.49. The molecule has 1 heterocycles. The van der Waals surface area contributed by atoms with Crippen molar-refractivity contribution in [3.8, 4) is 11.5 Å². The molecular weight excluding hydrogens is 242 g/mol. The highest BCUT2D eigenvalue weighted by molar-refractivity contribution is 6.03. The number of phenols is 2. The summed E-state index contributed by atoms with van der Waals surface area (Å²) in [5.41, 5.74) is -0.250. The number of carbonyl (C=O) groups is 3. The molecule has 0 saturated carbocycles. The van der Waals surface area contributed by atoms with Crippen LogP contribution in [-0.4, -0.2) is 33.1 Å². The van der Waals surface area contributed by atoms with E-state index in [0.717, 1.165) is 12.1 Å². The van der Waals surface area contributed by atoms with Crippen LogP contribution >= 0.6 is 0 Å².